The fraction of sp³-hybridized carbons (Fsp3) is 0.818. The second kappa shape index (κ2) is 10.9. The Balaban J connectivity index is 2.14. The maximum atomic E-state index is 13.4. The van der Waals surface area contributed by atoms with Crippen LogP contribution >= 0.6 is 0 Å². The molecule has 0 aliphatic carbocycles. The fourth-order valence-corrected chi connectivity index (χ4v) is 4.55. The van der Waals surface area contributed by atoms with Crippen molar-refractivity contribution in [2.45, 2.75) is 90.4 Å². The molecule has 0 aromatic heterocycles. The molecule has 2 rings (SSSR count). The quantitative estimate of drug-likeness (QED) is 0.491. The summed E-state index contributed by atoms with van der Waals surface area (Å²) in [6.07, 6.45) is 3.21. The van der Waals surface area contributed by atoms with Crippen molar-refractivity contribution in [1.29, 1.82) is 0 Å². The third-order valence-corrected chi connectivity index (χ3v) is 6.03. The van der Waals surface area contributed by atoms with E-state index in [1.165, 1.54) is 9.80 Å². The van der Waals surface area contributed by atoms with Gasteiger partial charge >= 0.3 is 5.97 Å². The van der Waals surface area contributed by atoms with Crippen LogP contribution in [0.1, 0.15) is 66.2 Å². The molecule has 31 heavy (non-hydrogen) atoms. The van der Waals surface area contributed by atoms with E-state index >= 15 is 0 Å². The van der Waals surface area contributed by atoms with E-state index in [0.29, 0.717) is 51.6 Å². The third-order valence-electron chi connectivity index (χ3n) is 6.03. The van der Waals surface area contributed by atoms with Gasteiger partial charge < -0.3 is 26.0 Å². The average Bonchev–Trinajstić information content (AvgIpc) is 3.34. The predicted octanol–water partition coefficient (Wildman–Crippen LogP) is 0.957. The van der Waals surface area contributed by atoms with Crippen molar-refractivity contribution in [3.8, 4) is 0 Å². The Morgan fingerprint density at radius 1 is 0.935 bits per heavy atom. The molecule has 2 fully saturated rings. The third kappa shape index (κ3) is 6.41. The summed E-state index contributed by atoms with van der Waals surface area (Å²) >= 11 is 0. The molecule has 2 aliphatic rings. The molecule has 0 radical (unpaired) electrons. The summed E-state index contributed by atoms with van der Waals surface area (Å²) in [5, 5.41) is 12.2. The number of hydrogen-bond acceptors (Lipinski definition) is 5. The molecule has 0 spiro atoms. The number of amides is 3. The lowest BCUT2D eigenvalue weighted by Gasteiger charge is -2.33. The average molecular weight is 439 g/mol. The van der Waals surface area contributed by atoms with Gasteiger partial charge in [-0.1, -0.05) is 27.7 Å². The molecule has 0 aromatic rings. The molecule has 3 amide bonds. The van der Waals surface area contributed by atoms with E-state index in [1.807, 2.05) is 27.7 Å². The van der Waals surface area contributed by atoms with Gasteiger partial charge in [-0.15, -0.1) is 0 Å². The molecule has 2 heterocycles. The van der Waals surface area contributed by atoms with Gasteiger partial charge in [0.05, 0.1) is 6.04 Å². The van der Waals surface area contributed by atoms with Gasteiger partial charge in [0.1, 0.15) is 18.1 Å². The summed E-state index contributed by atoms with van der Waals surface area (Å²) in [6, 6.07) is -2.96. The number of hydrogen-bond donors (Lipinski definition) is 3. The van der Waals surface area contributed by atoms with Crippen molar-refractivity contribution in [1.82, 2.24) is 15.1 Å². The Bertz CT molecular complexity index is 681. The zero-order chi connectivity index (χ0) is 23.3. The van der Waals surface area contributed by atoms with Gasteiger partial charge in [-0.3, -0.25) is 14.4 Å². The Morgan fingerprint density at radius 2 is 1.48 bits per heavy atom. The van der Waals surface area contributed by atoms with Gasteiger partial charge in [0.2, 0.25) is 17.7 Å². The summed E-state index contributed by atoms with van der Waals surface area (Å²) < 4.78 is 0. The summed E-state index contributed by atoms with van der Waals surface area (Å²) in [4.78, 5) is 53.5. The van der Waals surface area contributed by atoms with E-state index in [1.54, 1.807) is 0 Å². The lowest BCUT2D eigenvalue weighted by Crippen LogP contribution is -2.57. The van der Waals surface area contributed by atoms with Crippen molar-refractivity contribution in [3.05, 3.63) is 0 Å². The van der Waals surface area contributed by atoms with Crippen LogP contribution < -0.4 is 11.1 Å². The van der Waals surface area contributed by atoms with Gasteiger partial charge in [0.15, 0.2) is 0 Å². The monoisotopic (exact) mass is 438 g/mol. The number of carbonyl (C=O) groups is 4. The normalized spacial score (nSPS) is 23.3. The fourth-order valence-electron chi connectivity index (χ4n) is 4.55. The first-order valence-electron chi connectivity index (χ1n) is 11.4. The van der Waals surface area contributed by atoms with Crippen LogP contribution in [0.2, 0.25) is 0 Å². The second-order valence-electron chi connectivity index (χ2n) is 9.64. The summed E-state index contributed by atoms with van der Waals surface area (Å²) in [7, 11) is 0. The molecule has 9 heteroatoms. The summed E-state index contributed by atoms with van der Waals surface area (Å²) in [5.74, 6) is -1.56. The van der Waals surface area contributed by atoms with E-state index in [9.17, 15) is 24.3 Å². The second-order valence-corrected chi connectivity index (χ2v) is 9.64. The van der Waals surface area contributed by atoms with E-state index in [4.69, 9.17) is 5.73 Å². The topological polar surface area (TPSA) is 133 Å². The number of rotatable bonds is 9. The molecular weight excluding hydrogens is 400 g/mol. The molecule has 0 bridgehead atoms. The Hall–Kier alpha value is -2.16. The van der Waals surface area contributed by atoms with Crippen LogP contribution in [-0.4, -0.2) is 75.9 Å². The minimum atomic E-state index is -1.01. The molecule has 2 aliphatic heterocycles. The van der Waals surface area contributed by atoms with E-state index in [-0.39, 0.29) is 29.6 Å². The molecule has 0 aromatic carbocycles. The molecule has 4 N–H and O–H groups in total. The zero-order valence-electron chi connectivity index (χ0n) is 19.2. The number of nitrogens with one attached hydrogen (secondary N) is 1. The Labute approximate surface area is 184 Å². The van der Waals surface area contributed by atoms with Gasteiger partial charge in [-0.25, -0.2) is 4.79 Å². The molecule has 176 valence electrons. The first kappa shape index (κ1) is 25.1. The van der Waals surface area contributed by atoms with Crippen LogP contribution in [0.15, 0.2) is 0 Å². The van der Waals surface area contributed by atoms with Crippen molar-refractivity contribution < 1.29 is 24.3 Å². The van der Waals surface area contributed by atoms with Crippen molar-refractivity contribution in [2.75, 3.05) is 13.1 Å². The highest BCUT2D eigenvalue weighted by Crippen LogP contribution is 2.26. The lowest BCUT2D eigenvalue weighted by molar-refractivity contribution is -0.152. The number of aliphatic carboxylic acids is 1. The number of carbonyl (C=O) groups excluding carboxylic acids is 3. The van der Waals surface area contributed by atoms with E-state index < -0.39 is 30.1 Å². The minimum Gasteiger partial charge on any atom is -0.480 e. The number of carboxylic acids is 1. The molecule has 4 atom stereocenters. The largest absolute Gasteiger partial charge is 0.480 e. The van der Waals surface area contributed by atoms with Crippen molar-refractivity contribution in [3.63, 3.8) is 0 Å². The molecule has 9 nitrogen and oxygen atoms in total. The smallest absolute Gasteiger partial charge is 0.326 e. The highest BCUT2D eigenvalue weighted by molar-refractivity contribution is 5.94. The van der Waals surface area contributed by atoms with Crippen LogP contribution in [0.25, 0.3) is 0 Å². The van der Waals surface area contributed by atoms with Crippen LogP contribution in [0.5, 0.6) is 0 Å². The molecular formula is C22H38N4O5. The first-order chi connectivity index (χ1) is 14.5. The lowest BCUT2D eigenvalue weighted by atomic mass is 10.00. The highest BCUT2D eigenvalue weighted by atomic mass is 16.4. The standard InChI is InChI=1S/C22H38N4O5/c1-13(2)11-15(23)19(27)24-16(12-14(3)4)20(28)25-9-5-7-17(25)21(29)26-10-6-8-18(26)22(30)31/h13-18H,5-12,23H2,1-4H3,(H,24,27)(H,30,31). The van der Waals surface area contributed by atoms with Gasteiger partial charge in [-0.05, 0) is 50.4 Å². The Kier molecular flexibility index (Phi) is 8.85. The minimum absolute atomic E-state index is 0.155. The van der Waals surface area contributed by atoms with E-state index in [2.05, 4.69) is 5.32 Å². The molecule has 0 saturated carbocycles. The highest BCUT2D eigenvalue weighted by Gasteiger charge is 2.43. The maximum Gasteiger partial charge on any atom is 0.326 e. The predicted molar refractivity (Wildman–Crippen MR) is 116 cm³/mol. The van der Waals surface area contributed by atoms with E-state index in [0.717, 1.165) is 0 Å². The number of carboxylic acid groups (broad SMARTS) is 1. The Morgan fingerprint density at radius 3 is 2.03 bits per heavy atom. The van der Waals surface area contributed by atoms with Gasteiger partial charge in [0, 0.05) is 13.1 Å². The number of nitrogens with zero attached hydrogens (tertiary/aromatic N) is 2. The number of likely N-dealkylation sites (tertiary alicyclic amines) is 2. The first-order valence-corrected chi connectivity index (χ1v) is 11.4. The van der Waals surface area contributed by atoms with Crippen molar-refractivity contribution >= 4 is 23.7 Å². The van der Waals surface area contributed by atoms with Crippen LogP contribution in [0, 0.1) is 11.8 Å². The van der Waals surface area contributed by atoms with Crippen LogP contribution in [0.3, 0.4) is 0 Å². The van der Waals surface area contributed by atoms with Gasteiger partial charge in [-0.2, -0.15) is 0 Å². The summed E-state index contributed by atoms with van der Waals surface area (Å²) in [5.41, 5.74) is 6.00. The molecule has 2 saturated heterocycles. The number of nitrogens with two attached hydrogens (primary N) is 1. The maximum absolute atomic E-state index is 13.4. The SMILES string of the molecule is CC(C)CC(N)C(=O)NC(CC(C)C)C(=O)N1CCCC1C(=O)N1CCCC1C(=O)O. The zero-order valence-corrected chi connectivity index (χ0v) is 19.2. The van der Waals surface area contributed by atoms with Crippen molar-refractivity contribution in [2.24, 2.45) is 17.6 Å². The molecule has 4 unspecified atom stereocenters. The van der Waals surface area contributed by atoms with Crippen LogP contribution in [-0.2, 0) is 19.2 Å². The summed E-state index contributed by atoms with van der Waals surface area (Å²) in [6.45, 7) is 8.71. The van der Waals surface area contributed by atoms with Gasteiger partial charge in [0.25, 0.3) is 0 Å². The van der Waals surface area contributed by atoms with Crippen LogP contribution in [0.4, 0.5) is 0 Å².